The summed E-state index contributed by atoms with van der Waals surface area (Å²) in [6, 6.07) is 7.10. The first kappa shape index (κ1) is 18.7. The molecule has 3 aromatic rings. The van der Waals surface area contributed by atoms with Gasteiger partial charge in [-0.15, -0.1) is 0 Å². The maximum atomic E-state index is 12.2. The topological polar surface area (TPSA) is 89.9 Å². The highest BCUT2D eigenvalue weighted by atomic mass is 32.1. The standard InChI is InChI=1S/C19H18N4O3S/c1-2-26-18(25)15-5-3-13(4-6-15)10-23-11-16(17(24)22-19(23)27)7-14-8-20-12-21-9-14/h3-6,8-9,11-12H,2,7,10H2,1H3,(H,22,24,27). The molecule has 0 aliphatic rings. The third-order valence-electron chi connectivity index (χ3n) is 3.91. The van der Waals surface area contributed by atoms with Crippen molar-refractivity contribution in [1.82, 2.24) is 19.5 Å². The molecule has 0 fully saturated rings. The first-order chi connectivity index (χ1) is 13.1. The van der Waals surface area contributed by atoms with Crippen LogP contribution in [-0.4, -0.2) is 32.1 Å². The molecule has 0 unspecified atom stereocenters. The Labute approximate surface area is 160 Å². The van der Waals surface area contributed by atoms with E-state index in [-0.39, 0.29) is 11.5 Å². The number of nitrogens with one attached hydrogen (secondary N) is 1. The van der Waals surface area contributed by atoms with Gasteiger partial charge in [0, 0.05) is 37.1 Å². The number of aromatic nitrogens is 4. The molecule has 0 radical (unpaired) electrons. The van der Waals surface area contributed by atoms with Crippen molar-refractivity contribution in [3.63, 3.8) is 0 Å². The monoisotopic (exact) mass is 382 g/mol. The Morgan fingerprint density at radius 3 is 2.56 bits per heavy atom. The van der Waals surface area contributed by atoms with Gasteiger partial charge in [0.25, 0.3) is 5.56 Å². The normalized spacial score (nSPS) is 10.6. The van der Waals surface area contributed by atoms with Gasteiger partial charge >= 0.3 is 5.97 Å². The molecule has 2 aromatic heterocycles. The number of ether oxygens (including phenoxy) is 1. The van der Waals surface area contributed by atoms with Gasteiger partial charge in [-0.25, -0.2) is 14.8 Å². The predicted octanol–water partition coefficient (Wildman–Crippen LogP) is 2.51. The largest absolute Gasteiger partial charge is 0.462 e. The van der Waals surface area contributed by atoms with Gasteiger partial charge in [0.05, 0.1) is 12.2 Å². The minimum Gasteiger partial charge on any atom is -0.462 e. The van der Waals surface area contributed by atoms with Gasteiger partial charge in [-0.05, 0) is 42.4 Å². The van der Waals surface area contributed by atoms with Crippen LogP contribution in [0.15, 0.2) is 54.0 Å². The summed E-state index contributed by atoms with van der Waals surface area (Å²) in [5, 5.41) is 0. The zero-order valence-corrected chi connectivity index (χ0v) is 15.5. The van der Waals surface area contributed by atoms with Gasteiger partial charge in [-0.2, -0.15) is 0 Å². The average molecular weight is 382 g/mol. The lowest BCUT2D eigenvalue weighted by atomic mass is 10.1. The van der Waals surface area contributed by atoms with Crippen LogP contribution < -0.4 is 5.56 Å². The molecule has 1 aromatic carbocycles. The summed E-state index contributed by atoms with van der Waals surface area (Å²) in [7, 11) is 0. The number of hydrogen-bond donors (Lipinski definition) is 1. The molecule has 0 bridgehead atoms. The van der Waals surface area contributed by atoms with E-state index in [9.17, 15) is 9.59 Å². The van der Waals surface area contributed by atoms with E-state index in [1.54, 1.807) is 42.2 Å². The van der Waals surface area contributed by atoms with Gasteiger partial charge in [-0.1, -0.05) is 12.1 Å². The lowest BCUT2D eigenvalue weighted by Gasteiger charge is -2.10. The molecule has 0 aliphatic heterocycles. The van der Waals surface area contributed by atoms with Crippen molar-refractivity contribution in [3.05, 3.63) is 86.6 Å². The summed E-state index contributed by atoms with van der Waals surface area (Å²) in [4.78, 5) is 34.6. The number of aromatic amines is 1. The van der Waals surface area contributed by atoms with Crippen molar-refractivity contribution < 1.29 is 9.53 Å². The molecule has 0 saturated heterocycles. The van der Waals surface area contributed by atoms with Crippen LogP contribution in [-0.2, 0) is 17.7 Å². The van der Waals surface area contributed by atoms with E-state index in [1.165, 1.54) is 6.33 Å². The fourth-order valence-electron chi connectivity index (χ4n) is 2.60. The second kappa shape index (κ2) is 8.50. The van der Waals surface area contributed by atoms with Crippen LogP contribution in [0.5, 0.6) is 0 Å². The third-order valence-corrected chi connectivity index (χ3v) is 4.25. The Morgan fingerprint density at radius 2 is 1.89 bits per heavy atom. The van der Waals surface area contributed by atoms with Crippen molar-refractivity contribution in [2.24, 2.45) is 0 Å². The van der Waals surface area contributed by atoms with Crippen molar-refractivity contribution in [2.75, 3.05) is 6.61 Å². The average Bonchev–Trinajstić information content (AvgIpc) is 2.67. The van der Waals surface area contributed by atoms with E-state index >= 15 is 0 Å². The lowest BCUT2D eigenvalue weighted by Crippen LogP contribution is -2.19. The number of nitrogens with zero attached hydrogens (tertiary/aromatic N) is 3. The van der Waals surface area contributed by atoms with Crippen molar-refractivity contribution in [3.8, 4) is 0 Å². The predicted molar refractivity (Wildman–Crippen MR) is 102 cm³/mol. The van der Waals surface area contributed by atoms with E-state index in [4.69, 9.17) is 17.0 Å². The molecule has 0 atom stereocenters. The summed E-state index contributed by atoms with van der Waals surface area (Å²) in [6.45, 7) is 2.57. The number of esters is 1. The first-order valence-electron chi connectivity index (χ1n) is 8.39. The maximum Gasteiger partial charge on any atom is 0.338 e. The molecule has 7 nitrogen and oxygen atoms in total. The number of rotatable bonds is 6. The fraction of sp³-hybridized carbons (Fsp3) is 0.211. The first-order valence-corrected chi connectivity index (χ1v) is 8.80. The molecule has 8 heteroatoms. The molecule has 0 spiro atoms. The third kappa shape index (κ3) is 4.73. The minimum absolute atomic E-state index is 0.224. The molecule has 27 heavy (non-hydrogen) atoms. The second-order valence-corrected chi connectivity index (χ2v) is 6.27. The Morgan fingerprint density at radius 1 is 1.19 bits per heavy atom. The Hall–Kier alpha value is -3.13. The molecular formula is C19H18N4O3S. The van der Waals surface area contributed by atoms with Gasteiger partial charge in [0.2, 0.25) is 0 Å². The Bertz CT molecular complexity index is 1040. The van der Waals surface area contributed by atoms with Crippen molar-refractivity contribution in [2.45, 2.75) is 19.9 Å². The highest BCUT2D eigenvalue weighted by Crippen LogP contribution is 2.09. The molecule has 3 rings (SSSR count). The number of hydrogen-bond acceptors (Lipinski definition) is 6. The maximum absolute atomic E-state index is 12.2. The van der Waals surface area contributed by atoms with Crippen LogP contribution in [0.25, 0.3) is 0 Å². The quantitative estimate of drug-likeness (QED) is 0.520. The summed E-state index contributed by atoms with van der Waals surface area (Å²) in [5.74, 6) is -0.350. The summed E-state index contributed by atoms with van der Waals surface area (Å²) in [6.07, 6.45) is 6.94. The second-order valence-electron chi connectivity index (χ2n) is 5.88. The summed E-state index contributed by atoms with van der Waals surface area (Å²) in [5.41, 5.74) is 2.63. The van der Waals surface area contributed by atoms with Gasteiger partial charge in [0.15, 0.2) is 4.77 Å². The van der Waals surface area contributed by atoms with E-state index in [2.05, 4.69) is 15.0 Å². The summed E-state index contributed by atoms with van der Waals surface area (Å²) >= 11 is 5.27. The number of carbonyl (C=O) groups is 1. The fourth-order valence-corrected chi connectivity index (χ4v) is 2.81. The summed E-state index contributed by atoms with van der Waals surface area (Å²) < 4.78 is 7.10. The van der Waals surface area contributed by atoms with Crippen LogP contribution in [0, 0.1) is 4.77 Å². The van der Waals surface area contributed by atoms with Crippen LogP contribution in [0.1, 0.15) is 34.0 Å². The highest BCUT2D eigenvalue weighted by Gasteiger charge is 2.08. The van der Waals surface area contributed by atoms with Crippen LogP contribution in [0.4, 0.5) is 0 Å². The molecular weight excluding hydrogens is 364 g/mol. The molecule has 0 amide bonds. The lowest BCUT2D eigenvalue weighted by molar-refractivity contribution is 0.0526. The Kier molecular flexibility index (Phi) is 5.87. The van der Waals surface area contributed by atoms with E-state index < -0.39 is 0 Å². The van der Waals surface area contributed by atoms with Gasteiger partial charge in [-0.3, -0.25) is 9.78 Å². The van der Waals surface area contributed by atoms with Crippen molar-refractivity contribution in [1.29, 1.82) is 0 Å². The number of benzene rings is 1. The number of carbonyl (C=O) groups excluding carboxylic acids is 1. The molecule has 2 heterocycles. The molecule has 1 N–H and O–H groups in total. The SMILES string of the molecule is CCOC(=O)c1ccc(Cn2cc(Cc3cncnc3)c(=O)[nH]c2=S)cc1. The smallest absolute Gasteiger partial charge is 0.338 e. The van der Waals surface area contributed by atoms with E-state index in [0.29, 0.717) is 35.5 Å². The Balaban J connectivity index is 1.82. The van der Waals surface area contributed by atoms with E-state index in [1.807, 2.05) is 12.1 Å². The molecule has 0 aliphatic carbocycles. The molecule has 138 valence electrons. The van der Waals surface area contributed by atoms with Crippen molar-refractivity contribution >= 4 is 18.2 Å². The van der Waals surface area contributed by atoms with Crippen LogP contribution in [0.3, 0.4) is 0 Å². The zero-order chi connectivity index (χ0) is 19.2. The zero-order valence-electron chi connectivity index (χ0n) is 14.7. The van der Waals surface area contributed by atoms with Crippen LogP contribution >= 0.6 is 12.2 Å². The molecule has 0 saturated carbocycles. The van der Waals surface area contributed by atoms with Crippen LogP contribution in [0.2, 0.25) is 0 Å². The van der Waals surface area contributed by atoms with E-state index in [0.717, 1.165) is 11.1 Å². The highest BCUT2D eigenvalue weighted by molar-refractivity contribution is 7.71. The van der Waals surface area contributed by atoms with Gasteiger partial charge in [0.1, 0.15) is 6.33 Å². The number of H-pyrrole nitrogens is 1. The van der Waals surface area contributed by atoms with Gasteiger partial charge < -0.3 is 9.30 Å². The minimum atomic E-state index is -0.350.